The Bertz CT molecular complexity index is 537. The fraction of sp³-hybridized carbons (Fsp3) is 0.333. The maximum Gasteiger partial charge on any atom is 0.119 e. The van der Waals surface area contributed by atoms with Crippen LogP contribution in [-0.2, 0) is 11.3 Å². The van der Waals surface area contributed by atoms with Crippen LogP contribution in [0.5, 0.6) is 11.5 Å². The van der Waals surface area contributed by atoms with Crippen LogP contribution >= 0.6 is 0 Å². The zero-order valence-electron chi connectivity index (χ0n) is 13.2. The Morgan fingerprint density at radius 1 is 0.818 bits per heavy atom. The molecule has 2 aromatic rings. The molecule has 0 aliphatic carbocycles. The van der Waals surface area contributed by atoms with Gasteiger partial charge in [0.1, 0.15) is 18.1 Å². The largest absolute Gasteiger partial charge is 0.494 e. The molecule has 118 valence electrons. The summed E-state index contributed by atoms with van der Waals surface area (Å²) < 4.78 is 15.9. The Morgan fingerprint density at radius 2 is 1.45 bits per heavy atom. The number of ether oxygens (including phenoxy) is 3. The molecular formula is C18H23NO3. The molecule has 0 aromatic heterocycles. The first-order valence-electron chi connectivity index (χ1n) is 7.49. The van der Waals surface area contributed by atoms with Crippen LogP contribution in [0.3, 0.4) is 0 Å². The van der Waals surface area contributed by atoms with Crippen LogP contribution in [0.4, 0.5) is 5.69 Å². The molecular weight excluding hydrogens is 278 g/mol. The predicted molar refractivity (Wildman–Crippen MR) is 88.8 cm³/mol. The van der Waals surface area contributed by atoms with Gasteiger partial charge in [0.05, 0.1) is 13.2 Å². The van der Waals surface area contributed by atoms with Crippen molar-refractivity contribution in [1.29, 1.82) is 0 Å². The first-order valence-corrected chi connectivity index (χ1v) is 7.49. The highest BCUT2D eigenvalue weighted by molar-refractivity contribution is 5.47. The third-order valence-corrected chi connectivity index (χ3v) is 3.14. The van der Waals surface area contributed by atoms with Crippen LogP contribution < -0.4 is 14.8 Å². The second-order valence-electron chi connectivity index (χ2n) is 4.80. The third kappa shape index (κ3) is 5.30. The van der Waals surface area contributed by atoms with Crippen molar-refractivity contribution in [1.82, 2.24) is 0 Å². The van der Waals surface area contributed by atoms with Gasteiger partial charge in [0, 0.05) is 19.3 Å². The van der Waals surface area contributed by atoms with Gasteiger partial charge in [-0.15, -0.1) is 0 Å². The lowest BCUT2D eigenvalue weighted by atomic mass is 10.2. The smallest absolute Gasteiger partial charge is 0.119 e. The van der Waals surface area contributed by atoms with Gasteiger partial charge < -0.3 is 19.5 Å². The van der Waals surface area contributed by atoms with Gasteiger partial charge in [0.15, 0.2) is 0 Å². The number of nitrogens with one attached hydrogen (secondary N) is 1. The number of benzene rings is 2. The fourth-order valence-electron chi connectivity index (χ4n) is 1.99. The Morgan fingerprint density at radius 3 is 2.09 bits per heavy atom. The zero-order chi connectivity index (χ0) is 15.6. The summed E-state index contributed by atoms with van der Waals surface area (Å²) in [6.07, 6.45) is 0. The molecule has 0 bridgehead atoms. The Labute approximate surface area is 132 Å². The molecule has 0 amide bonds. The summed E-state index contributed by atoms with van der Waals surface area (Å²) in [7, 11) is 1.67. The predicted octanol–water partition coefficient (Wildman–Crippen LogP) is 3.72. The molecule has 0 saturated heterocycles. The molecule has 2 aromatic carbocycles. The quantitative estimate of drug-likeness (QED) is 0.717. The summed E-state index contributed by atoms with van der Waals surface area (Å²) in [5, 5.41) is 3.39. The van der Waals surface area contributed by atoms with E-state index < -0.39 is 0 Å². The molecule has 22 heavy (non-hydrogen) atoms. The lowest BCUT2D eigenvalue weighted by molar-refractivity contribution is 0.146. The molecule has 0 aliphatic heterocycles. The van der Waals surface area contributed by atoms with Crippen LogP contribution in [0, 0.1) is 0 Å². The Balaban J connectivity index is 1.80. The summed E-state index contributed by atoms with van der Waals surface area (Å²) in [6, 6.07) is 16.1. The molecule has 0 unspecified atom stereocenters. The molecule has 0 saturated carbocycles. The number of anilines is 1. The third-order valence-electron chi connectivity index (χ3n) is 3.14. The van der Waals surface area contributed by atoms with E-state index >= 15 is 0 Å². The van der Waals surface area contributed by atoms with E-state index in [9.17, 15) is 0 Å². The molecule has 0 spiro atoms. The van der Waals surface area contributed by atoms with Crippen molar-refractivity contribution in [2.45, 2.75) is 13.5 Å². The molecule has 4 heteroatoms. The van der Waals surface area contributed by atoms with Crippen LogP contribution in [0.1, 0.15) is 12.5 Å². The lowest BCUT2D eigenvalue weighted by Gasteiger charge is -2.09. The highest BCUT2D eigenvalue weighted by Crippen LogP contribution is 2.17. The average Bonchev–Trinajstić information content (AvgIpc) is 2.56. The van der Waals surface area contributed by atoms with E-state index in [4.69, 9.17) is 14.2 Å². The van der Waals surface area contributed by atoms with Crippen molar-refractivity contribution in [3.05, 3.63) is 54.1 Å². The van der Waals surface area contributed by atoms with Crippen molar-refractivity contribution in [2.75, 3.05) is 32.2 Å². The van der Waals surface area contributed by atoms with E-state index in [1.807, 2.05) is 43.3 Å². The topological polar surface area (TPSA) is 39.7 Å². The summed E-state index contributed by atoms with van der Waals surface area (Å²) in [6.45, 7) is 4.61. The molecule has 0 aliphatic rings. The summed E-state index contributed by atoms with van der Waals surface area (Å²) in [4.78, 5) is 0. The van der Waals surface area contributed by atoms with Crippen LogP contribution in [0.25, 0.3) is 0 Å². The molecule has 0 atom stereocenters. The van der Waals surface area contributed by atoms with Gasteiger partial charge in [-0.3, -0.25) is 0 Å². The fourth-order valence-corrected chi connectivity index (χ4v) is 1.99. The number of methoxy groups -OCH3 is 1. The molecule has 4 nitrogen and oxygen atoms in total. The zero-order valence-corrected chi connectivity index (χ0v) is 13.2. The molecule has 1 N–H and O–H groups in total. The van der Waals surface area contributed by atoms with Crippen molar-refractivity contribution in [3.8, 4) is 11.5 Å². The normalized spacial score (nSPS) is 10.3. The summed E-state index contributed by atoms with van der Waals surface area (Å²) in [5.41, 5.74) is 2.27. The summed E-state index contributed by atoms with van der Waals surface area (Å²) in [5.74, 6) is 1.76. The van der Waals surface area contributed by atoms with Gasteiger partial charge in [0.25, 0.3) is 0 Å². The lowest BCUT2D eigenvalue weighted by Crippen LogP contribution is -2.04. The van der Waals surface area contributed by atoms with Gasteiger partial charge in [-0.2, -0.15) is 0 Å². The summed E-state index contributed by atoms with van der Waals surface area (Å²) >= 11 is 0. The van der Waals surface area contributed by atoms with E-state index in [0.29, 0.717) is 19.8 Å². The van der Waals surface area contributed by atoms with Crippen molar-refractivity contribution in [3.63, 3.8) is 0 Å². The molecule has 0 fully saturated rings. The number of hydrogen-bond donors (Lipinski definition) is 1. The van der Waals surface area contributed by atoms with Crippen molar-refractivity contribution in [2.24, 2.45) is 0 Å². The van der Waals surface area contributed by atoms with E-state index in [1.165, 1.54) is 5.56 Å². The van der Waals surface area contributed by atoms with E-state index in [0.717, 1.165) is 23.7 Å². The minimum atomic E-state index is 0.570. The molecule has 0 heterocycles. The van der Waals surface area contributed by atoms with E-state index in [1.54, 1.807) is 7.11 Å². The maximum absolute atomic E-state index is 5.54. The average molecular weight is 301 g/mol. The van der Waals surface area contributed by atoms with Crippen LogP contribution in [0.2, 0.25) is 0 Å². The Kier molecular flexibility index (Phi) is 6.58. The number of hydrogen-bond acceptors (Lipinski definition) is 4. The van der Waals surface area contributed by atoms with E-state index in [-0.39, 0.29) is 0 Å². The Hall–Kier alpha value is -2.20. The van der Waals surface area contributed by atoms with Gasteiger partial charge in [0.2, 0.25) is 0 Å². The molecule has 2 rings (SSSR count). The highest BCUT2D eigenvalue weighted by Gasteiger charge is 1.98. The monoisotopic (exact) mass is 301 g/mol. The van der Waals surface area contributed by atoms with Crippen molar-refractivity contribution >= 4 is 5.69 Å². The van der Waals surface area contributed by atoms with Gasteiger partial charge in [-0.1, -0.05) is 12.1 Å². The first kappa shape index (κ1) is 16.2. The first-order chi connectivity index (χ1) is 10.8. The van der Waals surface area contributed by atoms with Crippen molar-refractivity contribution < 1.29 is 14.2 Å². The number of rotatable bonds is 9. The standard InChI is InChI=1S/C18H23NO3/c1-3-21-17-10-6-16(7-11-17)19-14-15-4-8-18(9-5-15)22-13-12-20-2/h4-11,19H,3,12-14H2,1-2H3. The minimum Gasteiger partial charge on any atom is -0.494 e. The van der Waals surface area contributed by atoms with Gasteiger partial charge in [-0.05, 0) is 48.9 Å². The maximum atomic E-state index is 5.54. The van der Waals surface area contributed by atoms with Crippen LogP contribution in [0.15, 0.2) is 48.5 Å². The second kappa shape index (κ2) is 8.95. The minimum absolute atomic E-state index is 0.570. The second-order valence-corrected chi connectivity index (χ2v) is 4.80. The highest BCUT2D eigenvalue weighted by atomic mass is 16.5. The van der Waals surface area contributed by atoms with E-state index in [2.05, 4.69) is 17.4 Å². The van der Waals surface area contributed by atoms with Gasteiger partial charge in [-0.25, -0.2) is 0 Å². The molecule has 0 radical (unpaired) electrons. The SMILES string of the molecule is CCOc1ccc(NCc2ccc(OCCOC)cc2)cc1. The van der Waals surface area contributed by atoms with Crippen LogP contribution in [-0.4, -0.2) is 26.9 Å². The van der Waals surface area contributed by atoms with Gasteiger partial charge >= 0.3 is 0 Å².